The summed E-state index contributed by atoms with van der Waals surface area (Å²) in [5.41, 5.74) is 1.81. The van der Waals surface area contributed by atoms with Crippen molar-refractivity contribution in [1.29, 1.82) is 0 Å². The third-order valence-corrected chi connectivity index (χ3v) is 1.71. The molecule has 0 aliphatic carbocycles. The first-order valence-corrected chi connectivity index (χ1v) is 4.49. The molecule has 1 heterocycles. The van der Waals surface area contributed by atoms with E-state index in [1.807, 2.05) is 20.0 Å². The van der Waals surface area contributed by atoms with E-state index in [9.17, 15) is 4.79 Å². The van der Waals surface area contributed by atoms with Crippen molar-refractivity contribution in [3.63, 3.8) is 0 Å². The van der Waals surface area contributed by atoms with Gasteiger partial charge in [0.15, 0.2) is 0 Å². The molecule has 0 unspecified atom stereocenters. The second-order valence-electron chi connectivity index (χ2n) is 2.92. The summed E-state index contributed by atoms with van der Waals surface area (Å²) < 4.78 is 6.47. The smallest absolute Gasteiger partial charge is 0.330 e. The lowest BCUT2D eigenvalue weighted by Gasteiger charge is -1.95. The van der Waals surface area contributed by atoms with E-state index in [4.69, 9.17) is 4.74 Å². The van der Waals surface area contributed by atoms with E-state index < -0.39 is 0 Å². The van der Waals surface area contributed by atoms with Crippen molar-refractivity contribution in [3.8, 4) is 0 Å². The van der Waals surface area contributed by atoms with Crippen LogP contribution in [0.25, 0.3) is 6.08 Å². The van der Waals surface area contributed by atoms with Gasteiger partial charge in [0.2, 0.25) is 0 Å². The fraction of sp³-hybridized carbons (Fsp3) is 0.400. The first kappa shape index (κ1) is 10.5. The minimum atomic E-state index is -0.327. The van der Waals surface area contributed by atoms with Gasteiger partial charge in [0.25, 0.3) is 0 Å². The Bertz CT molecular complexity index is 353. The van der Waals surface area contributed by atoms with Gasteiger partial charge in [-0.2, -0.15) is 5.10 Å². The van der Waals surface area contributed by atoms with Gasteiger partial charge in [0, 0.05) is 13.1 Å². The zero-order valence-corrected chi connectivity index (χ0v) is 8.65. The summed E-state index contributed by atoms with van der Waals surface area (Å²) >= 11 is 0. The molecule has 0 aromatic carbocycles. The fourth-order valence-electron chi connectivity index (χ4n) is 1.13. The van der Waals surface area contributed by atoms with Crippen molar-refractivity contribution in [2.75, 3.05) is 6.61 Å². The molecule has 0 bridgehead atoms. The highest BCUT2D eigenvalue weighted by Crippen LogP contribution is 2.03. The number of carbonyl (C=O) groups is 1. The summed E-state index contributed by atoms with van der Waals surface area (Å²) in [4.78, 5) is 11.0. The van der Waals surface area contributed by atoms with Crippen LogP contribution < -0.4 is 0 Å². The molecule has 1 rings (SSSR count). The van der Waals surface area contributed by atoms with Gasteiger partial charge >= 0.3 is 5.97 Å². The third-order valence-electron chi connectivity index (χ3n) is 1.71. The van der Waals surface area contributed by atoms with Gasteiger partial charge in [0.05, 0.1) is 18.0 Å². The topological polar surface area (TPSA) is 44.1 Å². The van der Waals surface area contributed by atoms with Crippen LogP contribution in [0.4, 0.5) is 0 Å². The average Bonchev–Trinajstić information content (AvgIpc) is 2.42. The Labute approximate surface area is 83.2 Å². The zero-order chi connectivity index (χ0) is 10.6. The highest BCUT2D eigenvalue weighted by atomic mass is 16.5. The number of hydrogen-bond acceptors (Lipinski definition) is 3. The van der Waals surface area contributed by atoms with Crippen molar-refractivity contribution >= 4 is 12.0 Å². The van der Waals surface area contributed by atoms with Gasteiger partial charge in [-0.25, -0.2) is 4.79 Å². The number of carbonyl (C=O) groups excluding carboxylic acids is 1. The molecule has 4 nitrogen and oxygen atoms in total. The maximum atomic E-state index is 11.0. The number of hydrogen-bond donors (Lipinski definition) is 0. The van der Waals surface area contributed by atoms with E-state index in [2.05, 4.69) is 5.10 Å². The zero-order valence-electron chi connectivity index (χ0n) is 8.65. The molecule has 0 amide bonds. The van der Waals surface area contributed by atoms with E-state index in [-0.39, 0.29) is 5.97 Å². The Hall–Kier alpha value is -1.58. The van der Waals surface area contributed by atoms with Crippen LogP contribution in [0.3, 0.4) is 0 Å². The number of esters is 1. The first-order chi connectivity index (χ1) is 6.63. The molecule has 1 aromatic rings. The standard InChI is InChI=1S/C10H14N2O2/c1-4-14-10(13)6-5-9-7-8(2)11-12(9)3/h5-7H,4H2,1-3H3/b6-5+. The Balaban J connectivity index is 2.68. The maximum absolute atomic E-state index is 11.0. The molecular formula is C10H14N2O2. The van der Waals surface area contributed by atoms with Gasteiger partial charge in [-0.3, -0.25) is 4.68 Å². The summed E-state index contributed by atoms with van der Waals surface area (Å²) in [6, 6.07) is 1.90. The quantitative estimate of drug-likeness (QED) is 0.538. The highest BCUT2D eigenvalue weighted by molar-refractivity contribution is 5.86. The predicted molar refractivity (Wildman–Crippen MR) is 53.6 cm³/mol. The Morgan fingerprint density at radius 1 is 1.71 bits per heavy atom. The van der Waals surface area contributed by atoms with Crippen molar-refractivity contribution in [3.05, 3.63) is 23.5 Å². The molecular weight excluding hydrogens is 180 g/mol. The van der Waals surface area contributed by atoms with Gasteiger partial charge in [0.1, 0.15) is 0 Å². The monoisotopic (exact) mass is 194 g/mol. The van der Waals surface area contributed by atoms with E-state index in [1.54, 1.807) is 17.7 Å². The molecule has 14 heavy (non-hydrogen) atoms. The summed E-state index contributed by atoms with van der Waals surface area (Å²) in [5, 5.41) is 4.15. The minimum absolute atomic E-state index is 0.327. The lowest BCUT2D eigenvalue weighted by molar-refractivity contribution is -0.137. The van der Waals surface area contributed by atoms with Crippen LogP contribution in [0.15, 0.2) is 12.1 Å². The second-order valence-corrected chi connectivity index (χ2v) is 2.92. The molecule has 4 heteroatoms. The van der Waals surface area contributed by atoms with Crippen molar-refractivity contribution in [2.45, 2.75) is 13.8 Å². The largest absolute Gasteiger partial charge is 0.463 e. The van der Waals surface area contributed by atoms with Gasteiger partial charge < -0.3 is 4.74 Å². The van der Waals surface area contributed by atoms with Crippen LogP contribution in [0.5, 0.6) is 0 Å². The minimum Gasteiger partial charge on any atom is -0.463 e. The van der Waals surface area contributed by atoms with Crippen LogP contribution in [0.2, 0.25) is 0 Å². The molecule has 0 radical (unpaired) electrons. The molecule has 0 N–H and O–H groups in total. The maximum Gasteiger partial charge on any atom is 0.330 e. The Kier molecular flexibility index (Phi) is 3.45. The third kappa shape index (κ3) is 2.73. The van der Waals surface area contributed by atoms with Crippen molar-refractivity contribution in [1.82, 2.24) is 9.78 Å². The molecule has 0 aliphatic rings. The van der Waals surface area contributed by atoms with Crippen LogP contribution >= 0.6 is 0 Å². The van der Waals surface area contributed by atoms with Gasteiger partial charge in [-0.05, 0) is 26.0 Å². The number of ether oxygens (including phenoxy) is 1. The second kappa shape index (κ2) is 4.60. The molecule has 0 spiro atoms. The highest BCUT2D eigenvalue weighted by Gasteiger charge is 1.99. The summed E-state index contributed by atoms with van der Waals surface area (Å²) in [6.45, 7) is 4.08. The first-order valence-electron chi connectivity index (χ1n) is 4.49. The Morgan fingerprint density at radius 2 is 2.43 bits per heavy atom. The molecule has 1 aromatic heterocycles. The van der Waals surface area contributed by atoms with Gasteiger partial charge in [-0.15, -0.1) is 0 Å². The lowest BCUT2D eigenvalue weighted by atomic mass is 10.3. The molecule has 0 aliphatic heterocycles. The molecule has 76 valence electrons. The van der Waals surface area contributed by atoms with Crippen LogP contribution in [0.1, 0.15) is 18.3 Å². The van der Waals surface area contributed by atoms with E-state index in [1.165, 1.54) is 6.08 Å². The molecule has 0 saturated heterocycles. The van der Waals surface area contributed by atoms with Gasteiger partial charge in [-0.1, -0.05) is 0 Å². The van der Waals surface area contributed by atoms with Crippen molar-refractivity contribution in [2.24, 2.45) is 7.05 Å². The molecule has 0 fully saturated rings. The van der Waals surface area contributed by atoms with E-state index >= 15 is 0 Å². The SMILES string of the molecule is CCOC(=O)/C=C/c1cc(C)nn1C. The number of nitrogens with zero attached hydrogens (tertiary/aromatic N) is 2. The Morgan fingerprint density at radius 3 is 2.93 bits per heavy atom. The van der Waals surface area contributed by atoms with Crippen molar-refractivity contribution < 1.29 is 9.53 Å². The lowest BCUT2D eigenvalue weighted by Crippen LogP contribution is -1.99. The molecule has 0 atom stereocenters. The number of aromatic nitrogens is 2. The number of rotatable bonds is 3. The van der Waals surface area contributed by atoms with E-state index in [0.29, 0.717) is 6.61 Å². The van der Waals surface area contributed by atoms with Crippen LogP contribution in [-0.2, 0) is 16.6 Å². The summed E-state index contributed by atoms with van der Waals surface area (Å²) in [5.74, 6) is -0.327. The average molecular weight is 194 g/mol. The van der Waals surface area contributed by atoms with E-state index in [0.717, 1.165) is 11.4 Å². The summed E-state index contributed by atoms with van der Waals surface area (Å²) in [7, 11) is 1.83. The van der Waals surface area contributed by atoms with Crippen LogP contribution in [-0.4, -0.2) is 22.4 Å². The predicted octanol–water partition coefficient (Wildman–Crippen LogP) is 1.30. The fourth-order valence-corrected chi connectivity index (χ4v) is 1.13. The summed E-state index contributed by atoms with van der Waals surface area (Å²) in [6.07, 6.45) is 3.10. The molecule has 0 saturated carbocycles. The number of aryl methyl sites for hydroxylation is 2. The normalized spacial score (nSPS) is 10.8. The van der Waals surface area contributed by atoms with Crippen LogP contribution in [0, 0.1) is 6.92 Å².